The molecule has 1 N–H and O–H groups in total. The van der Waals surface area contributed by atoms with E-state index in [-0.39, 0.29) is 17.9 Å². The molecule has 0 unspecified atom stereocenters. The summed E-state index contributed by atoms with van der Waals surface area (Å²) in [5, 5.41) is 3.94. The molecule has 0 atom stereocenters. The average Bonchev–Trinajstić information content (AvgIpc) is 2.55. The van der Waals surface area contributed by atoms with Crippen LogP contribution in [0.15, 0.2) is 35.4 Å². The fourth-order valence-electron chi connectivity index (χ4n) is 2.88. The lowest BCUT2D eigenvalue weighted by Gasteiger charge is -2.31. The number of nitrogens with one attached hydrogen (secondary N) is 1. The Balaban J connectivity index is 1.68. The molecule has 1 aliphatic rings. The summed E-state index contributed by atoms with van der Waals surface area (Å²) in [7, 11) is 0. The quantitative estimate of drug-likeness (QED) is 0.831. The second-order valence-corrected chi connectivity index (χ2v) is 6.31. The summed E-state index contributed by atoms with van der Waals surface area (Å²) in [6.07, 6.45) is 3.16. The van der Waals surface area contributed by atoms with Crippen LogP contribution in [-0.4, -0.2) is 40.8 Å². The van der Waals surface area contributed by atoms with Crippen LogP contribution in [0.4, 0.5) is 0 Å². The van der Waals surface area contributed by atoms with Gasteiger partial charge in [-0.3, -0.25) is 14.6 Å². The summed E-state index contributed by atoms with van der Waals surface area (Å²) in [5.74, 6) is -0.0266. The number of aromatic nitrogens is 1. The van der Waals surface area contributed by atoms with Crippen LogP contribution in [0.3, 0.4) is 0 Å². The molecule has 2 aromatic rings. The van der Waals surface area contributed by atoms with Gasteiger partial charge in [0.15, 0.2) is 0 Å². The summed E-state index contributed by atoms with van der Waals surface area (Å²) in [6.45, 7) is 2.97. The number of benzene rings is 1. The highest BCUT2D eigenvalue weighted by molar-refractivity contribution is 7.80. The molecular weight excluding hydrogens is 310 g/mol. The van der Waals surface area contributed by atoms with Gasteiger partial charge in [-0.2, -0.15) is 0 Å². The molecule has 0 radical (unpaired) electrons. The molecule has 1 aromatic heterocycles. The highest BCUT2D eigenvalue weighted by Crippen LogP contribution is 2.20. The number of para-hydroxylation sites is 1. The summed E-state index contributed by atoms with van der Waals surface area (Å²) in [5.41, 5.74) is 1.34. The van der Waals surface area contributed by atoms with E-state index in [1.165, 1.54) is 0 Å². The number of carbonyl (C=O) groups excluding carboxylic acids is 2. The third-order valence-corrected chi connectivity index (χ3v) is 4.59. The highest BCUT2D eigenvalue weighted by atomic mass is 32.1. The lowest BCUT2D eigenvalue weighted by molar-refractivity contribution is -0.129. The van der Waals surface area contributed by atoms with Crippen LogP contribution < -0.4 is 5.32 Å². The Kier molecular flexibility index (Phi) is 4.52. The van der Waals surface area contributed by atoms with Crippen molar-refractivity contribution in [2.45, 2.75) is 30.7 Å². The van der Waals surface area contributed by atoms with Crippen molar-refractivity contribution in [3.05, 3.63) is 36.0 Å². The number of hydrogen-bond acceptors (Lipinski definition) is 4. The maximum Gasteiger partial charge on any atom is 0.253 e. The zero-order valence-corrected chi connectivity index (χ0v) is 13.8. The van der Waals surface area contributed by atoms with Crippen LogP contribution >= 0.6 is 12.6 Å². The minimum atomic E-state index is -0.120. The van der Waals surface area contributed by atoms with Gasteiger partial charge in [0.1, 0.15) is 0 Å². The van der Waals surface area contributed by atoms with Crippen LogP contribution in [0.5, 0.6) is 0 Å². The zero-order chi connectivity index (χ0) is 16.4. The second kappa shape index (κ2) is 6.58. The molecule has 0 aliphatic carbocycles. The van der Waals surface area contributed by atoms with Gasteiger partial charge in [-0.05, 0) is 25.0 Å². The van der Waals surface area contributed by atoms with E-state index in [2.05, 4.69) is 22.9 Å². The van der Waals surface area contributed by atoms with Crippen molar-refractivity contribution in [2.24, 2.45) is 0 Å². The second-order valence-electron chi connectivity index (χ2n) is 5.83. The summed E-state index contributed by atoms with van der Waals surface area (Å²) < 4.78 is 0. The molecule has 3 rings (SSSR count). The van der Waals surface area contributed by atoms with Crippen LogP contribution in [-0.2, 0) is 4.79 Å². The molecule has 1 aromatic carbocycles. The first-order chi connectivity index (χ1) is 11.0. The summed E-state index contributed by atoms with van der Waals surface area (Å²) in [4.78, 5) is 30.7. The molecule has 6 heteroatoms. The van der Waals surface area contributed by atoms with Crippen molar-refractivity contribution >= 4 is 35.3 Å². The van der Waals surface area contributed by atoms with Gasteiger partial charge in [-0.15, -0.1) is 12.6 Å². The van der Waals surface area contributed by atoms with Gasteiger partial charge in [0.25, 0.3) is 5.91 Å². The number of piperidine rings is 1. The normalized spacial score (nSPS) is 15.7. The monoisotopic (exact) mass is 329 g/mol. The summed E-state index contributed by atoms with van der Waals surface area (Å²) >= 11 is 4.37. The van der Waals surface area contributed by atoms with E-state index in [0.717, 1.165) is 28.6 Å². The Morgan fingerprint density at radius 2 is 2.04 bits per heavy atom. The smallest absolute Gasteiger partial charge is 0.253 e. The number of amides is 2. The van der Waals surface area contributed by atoms with Crippen molar-refractivity contribution in [3.8, 4) is 0 Å². The average molecular weight is 329 g/mol. The first-order valence-corrected chi connectivity index (χ1v) is 8.13. The Labute approximate surface area is 140 Å². The minimum absolute atomic E-state index is 0.0936. The first-order valence-electron chi connectivity index (χ1n) is 7.68. The fourth-order valence-corrected chi connectivity index (χ4v) is 3.15. The van der Waals surface area contributed by atoms with Crippen LogP contribution in [0.1, 0.15) is 30.1 Å². The van der Waals surface area contributed by atoms with E-state index in [9.17, 15) is 9.59 Å². The molecule has 2 heterocycles. The SMILES string of the molecule is CC(=O)N1CCC(NC(=O)c2cnc3c(S)cccc3c2)CC1. The minimum Gasteiger partial charge on any atom is -0.349 e. The Bertz CT molecular complexity index is 755. The first kappa shape index (κ1) is 15.8. The number of nitrogens with zero attached hydrogens (tertiary/aromatic N) is 2. The zero-order valence-electron chi connectivity index (χ0n) is 13.0. The molecule has 1 saturated heterocycles. The number of fused-ring (bicyclic) bond motifs is 1. The summed E-state index contributed by atoms with van der Waals surface area (Å²) in [6, 6.07) is 7.63. The van der Waals surface area contributed by atoms with Gasteiger partial charge in [-0.25, -0.2) is 0 Å². The molecule has 120 valence electrons. The number of likely N-dealkylation sites (tertiary alicyclic amines) is 1. The molecule has 0 spiro atoms. The predicted molar refractivity (Wildman–Crippen MR) is 91.7 cm³/mol. The highest BCUT2D eigenvalue weighted by Gasteiger charge is 2.22. The molecule has 0 saturated carbocycles. The van der Waals surface area contributed by atoms with Gasteiger partial charge >= 0.3 is 0 Å². The van der Waals surface area contributed by atoms with Crippen LogP contribution in [0, 0.1) is 0 Å². The Hall–Kier alpha value is -2.08. The number of pyridine rings is 1. The van der Waals surface area contributed by atoms with E-state index in [4.69, 9.17) is 0 Å². The van der Waals surface area contributed by atoms with E-state index in [0.29, 0.717) is 18.7 Å². The van der Waals surface area contributed by atoms with E-state index < -0.39 is 0 Å². The van der Waals surface area contributed by atoms with Gasteiger partial charge in [0.05, 0.1) is 11.1 Å². The van der Waals surface area contributed by atoms with Crippen molar-refractivity contribution < 1.29 is 9.59 Å². The number of carbonyl (C=O) groups is 2. The van der Waals surface area contributed by atoms with E-state index in [1.807, 2.05) is 29.2 Å². The van der Waals surface area contributed by atoms with Crippen LogP contribution in [0.25, 0.3) is 10.9 Å². The van der Waals surface area contributed by atoms with Crippen molar-refractivity contribution in [1.82, 2.24) is 15.2 Å². The Morgan fingerprint density at radius 3 is 2.74 bits per heavy atom. The maximum absolute atomic E-state index is 12.4. The number of hydrogen-bond donors (Lipinski definition) is 2. The molecule has 0 bridgehead atoms. The molecule has 2 amide bonds. The molecule has 1 aliphatic heterocycles. The maximum atomic E-state index is 12.4. The molecular formula is C17H19N3O2S. The predicted octanol–water partition coefficient (Wildman–Crippen LogP) is 2.26. The Morgan fingerprint density at radius 1 is 1.30 bits per heavy atom. The standard InChI is InChI=1S/C17H19N3O2S/c1-11(21)20-7-5-14(6-8-20)19-17(22)13-9-12-3-2-4-15(23)16(12)18-10-13/h2-4,9-10,14,23H,5-8H2,1H3,(H,19,22). The topological polar surface area (TPSA) is 62.3 Å². The third kappa shape index (κ3) is 3.47. The van der Waals surface area contributed by atoms with Gasteiger partial charge in [0, 0.05) is 42.5 Å². The van der Waals surface area contributed by atoms with Crippen LogP contribution in [0.2, 0.25) is 0 Å². The van der Waals surface area contributed by atoms with Crippen molar-refractivity contribution in [3.63, 3.8) is 0 Å². The third-order valence-electron chi connectivity index (χ3n) is 4.23. The van der Waals surface area contributed by atoms with Crippen molar-refractivity contribution in [1.29, 1.82) is 0 Å². The van der Waals surface area contributed by atoms with E-state index >= 15 is 0 Å². The number of rotatable bonds is 2. The van der Waals surface area contributed by atoms with Gasteiger partial charge in [0.2, 0.25) is 5.91 Å². The van der Waals surface area contributed by atoms with Gasteiger partial charge in [-0.1, -0.05) is 12.1 Å². The lowest BCUT2D eigenvalue weighted by Crippen LogP contribution is -2.46. The fraction of sp³-hybridized carbons (Fsp3) is 0.353. The molecule has 5 nitrogen and oxygen atoms in total. The largest absolute Gasteiger partial charge is 0.349 e. The number of thiol groups is 1. The lowest BCUT2D eigenvalue weighted by atomic mass is 10.0. The van der Waals surface area contributed by atoms with Crippen molar-refractivity contribution in [2.75, 3.05) is 13.1 Å². The van der Waals surface area contributed by atoms with E-state index in [1.54, 1.807) is 13.1 Å². The molecule has 1 fully saturated rings. The molecule has 23 heavy (non-hydrogen) atoms. The van der Waals surface area contributed by atoms with Gasteiger partial charge < -0.3 is 10.2 Å².